The number of furan rings is 1. The summed E-state index contributed by atoms with van der Waals surface area (Å²) >= 11 is 0.740. The first-order chi connectivity index (χ1) is 15.9. The number of ether oxygens (including phenoxy) is 1. The summed E-state index contributed by atoms with van der Waals surface area (Å²) in [5, 5.41) is 10.7. The van der Waals surface area contributed by atoms with Crippen LogP contribution in [0.15, 0.2) is 70.0 Å². The zero-order valence-corrected chi connectivity index (χ0v) is 18.0. The number of nitro benzene ring substituents is 1. The van der Waals surface area contributed by atoms with Gasteiger partial charge in [0.1, 0.15) is 11.5 Å². The average Bonchev–Trinajstić information content (AvgIpc) is 3.39. The normalized spacial score (nSPS) is 14.7. The summed E-state index contributed by atoms with van der Waals surface area (Å²) < 4.78 is 10.4. The Labute approximate surface area is 191 Å². The molecule has 1 saturated heterocycles. The Bertz CT molecular complexity index is 1290. The highest BCUT2D eigenvalue weighted by atomic mass is 32.2. The fraction of sp³-hybridized carbons (Fsp3) is 0.0870. The summed E-state index contributed by atoms with van der Waals surface area (Å²) in [5.74, 6) is -0.128. The lowest BCUT2D eigenvalue weighted by atomic mass is 10.1. The number of thioether (sulfide) groups is 1. The first-order valence-electron chi connectivity index (χ1n) is 9.63. The van der Waals surface area contributed by atoms with Crippen LogP contribution in [0.4, 0.5) is 10.5 Å². The number of nitro groups is 1. The first kappa shape index (κ1) is 22.0. The van der Waals surface area contributed by atoms with Crippen molar-refractivity contribution in [3.63, 3.8) is 0 Å². The Kier molecular flexibility index (Phi) is 6.09. The first-order valence-corrected chi connectivity index (χ1v) is 10.5. The molecule has 166 valence electrons. The van der Waals surface area contributed by atoms with Gasteiger partial charge in [-0.3, -0.25) is 24.6 Å². The Morgan fingerprint density at radius 2 is 1.85 bits per heavy atom. The second kappa shape index (κ2) is 9.13. The van der Waals surface area contributed by atoms with Gasteiger partial charge in [-0.05, 0) is 36.0 Å². The maximum Gasteiger partial charge on any atom is 0.337 e. The van der Waals surface area contributed by atoms with E-state index in [1.165, 1.54) is 31.4 Å². The molecular weight excluding hydrogens is 448 g/mol. The van der Waals surface area contributed by atoms with Crippen molar-refractivity contribution in [2.75, 3.05) is 7.11 Å². The van der Waals surface area contributed by atoms with E-state index in [4.69, 9.17) is 4.42 Å². The van der Waals surface area contributed by atoms with Crippen LogP contribution in [0.2, 0.25) is 0 Å². The molecule has 2 amide bonds. The average molecular weight is 464 g/mol. The number of hydrogen-bond acceptors (Lipinski definition) is 8. The SMILES string of the molecule is COC(=O)c1ccc(-c2ccc(/C=C3/SC(=O)N(Cc4ccccc4[N+](=O)[O-])C3=O)o2)cc1. The van der Waals surface area contributed by atoms with Crippen molar-refractivity contribution in [1.29, 1.82) is 0 Å². The van der Waals surface area contributed by atoms with Gasteiger partial charge in [-0.1, -0.05) is 30.3 Å². The third-order valence-electron chi connectivity index (χ3n) is 4.88. The summed E-state index contributed by atoms with van der Waals surface area (Å²) in [6.07, 6.45) is 1.45. The molecule has 0 saturated carbocycles. The monoisotopic (exact) mass is 464 g/mol. The topological polar surface area (TPSA) is 120 Å². The van der Waals surface area contributed by atoms with E-state index in [0.717, 1.165) is 16.7 Å². The molecule has 0 atom stereocenters. The third-order valence-corrected chi connectivity index (χ3v) is 5.79. The number of methoxy groups -OCH3 is 1. The van der Waals surface area contributed by atoms with Crippen LogP contribution < -0.4 is 0 Å². The fourth-order valence-electron chi connectivity index (χ4n) is 3.23. The third kappa shape index (κ3) is 4.55. The smallest absolute Gasteiger partial charge is 0.337 e. The molecule has 1 fully saturated rings. The van der Waals surface area contributed by atoms with Crippen molar-refractivity contribution in [3.05, 3.63) is 92.6 Å². The van der Waals surface area contributed by atoms with E-state index in [1.807, 2.05) is 0 Å². The van der Waals surface area contributed by atoms with Gasteiger partial charge in [0.2, 0.25) is 0 Å². The lowest BCUT2D eigenvalue weighted by Crippen LogP contribution is -2.27. The number of para-hydroxylation sites is 1. The van der Waals surface area contributed by atoms with E-state index >= 15 is 0 Å². The van der Waals surface area contributed by atoms with Crippen LogP contribution in [0.25, 0.3) is 17.4 Å². The number of hydrogen-bond donors (Lipinski definition) is 0. The van der Waals surface area contributed by atoms with Crippen molar-refractivity contribution in [3.8, 4) is 11.3 Å². The second-order valence-corrected chi connectivity index (χ2v) is 7.92. The van der Waals surface area contributed by atoms with Gasteiger partial charge in [-0.15, -0.1) is 0 Å². The van der Waals surface area contributed by atoms with Crippen molar-refractivity contribution in [1.82, 2.24) is 4.90 Å². The number of amides is 2. The number of carbonyl (C=O) groups excluding carboxylic acids is 3. The highest BCUT2D eigenvalue weighted by Gasteiger charge is 2.36. The highest BCUT2D eigenvalue weighted by molar-refractivity contribution is 8.18. The number of nitrogens with zero attached hydrogens (tertiary/aromatic N) is 2. The summed E-state index contributed by atoms with van der Waals surface area (Å²) in [7, 11) is 1.30. The van der Waals surface area contributed by atoms with E-state index in [1.54, 1.807) is 42.5 Å². The maximum absolute atomic E-state index is 12.8. The number of imide groups is 1. The highest BCUT2D eigenvalue weighted by Crippen LogP contribution is 2.35. The molecule has 33 heavy (non-hydrogen) atoms. The van der Waals surface area contributed by atoms with Gasteiger partial charge >= 0.3 is 5.97 Å². The molecule has 0 bridgehead atoms. The largest absolute Gasteiger partial charge is 0.465 e. The van der Waals surface area contributed by atoms with Gasteiger partial charge in [0.25, 0.3) is 16.8 Å². The van der Waals surface area contributed by atoms with Crippen molar-refractivity contribution in [2.24, 2.45) is 0 Å². The lowest BCUT2D eigenvalue weighted by Gasteiger charge is -2.12. The van der Waals surface area contributed by atoms with E-state index in [2.05, 4.69) is 4.74 Å². The van der Waals surface area contributed by atoms with Gasteiger partial charge in [0, 0.05) is 23.3 Å². The molecule has 0 aliphatic carbocycles. The van der Waals surface area contributed by atoms with E-state index in [-0.39, 0.29) is 22.7 Å². The van der Waals surface area contributed by atoms with Gasteiger partial charge < -0.3 is 9.15 Å². The molecule has 1 aliphatic rings. The van der Waals surface area contributed by atoms with Crippen LogP contribution in [-0.2, 0) is 16.1 Å². The molecule has 2 aromatic carbocycles. The zero-order valence-electron chi connectivity index (χ0n) is 17.2. The number of benzene rings is 2. The number of rotatable bonds is 6. The summed E-state index contributed by atoms with van der Waals surface area (Å²) in [4.78, 5) is 48.5. The van der Waals surface area contributed by atoms with Crippen molar-refractivity contribution in [2.45, 2.75) is 6.54 Å². The van der Waals surface area contributed by atoms with Gasteiger partial charge in [0.05, 0.1) is 29.0 Å². The quantitative estimate of drug-likeness (QED) is 0.219. The number of esters is 1. The molecule has 4 rings (SSSR count). The minimum Gasteiger partial charge on any atom is -0.465 e. The molecular formula is C23H16N2O7S. The molecule has 10 heteroatoms. The van der Waals surface area contributed by atoms with Crippen LogP contribution in [-0.4, -0.2) is 34.0 Å². The molecule has 0 N–H and O–H groups in total. The summed E-state index contributed by atoms with van der Waals surface area (Å²) in [6.45, 7) is -0.199. The van der Waals surface area contributed by atoms with Gasteiger partial charge in [0.15, 0.2) is 0 Å². The Hall–Kier alpha value is -4.18. The Balaban J connectivity index is 1.52. The van der Waals surface area contributed by atoms with E-state index in [9.17, 15) is 24.5 Å². The minimum absolute atomic E-state index is 0.153. The Morgan fingerprint density at radius 3 is 2.55 bits per heavy atom. The fourth-order valence-corrected chi connectivity index (χ4v) is 4.05. The van der Waals surface area contributed by atoms with Crippen LogP contribution in [0.3, 0.4) is 0 Å². The summed E-state index contributed by atoms with van der Waals surface area (Å²) in [5.41, 5.74) is 1.23. The minimum atomic E-state index is -0.552. The summed E-state index contributed by atoms with van der Waals surface area (Å²) in [6, 6.07) is 15.9. The molecule has 3 aromatic rings. The molecule has 0 spiro atoms. The molecule has 0 unspecified atom stereocenters. The van der Waals surface area contributed by atoms with Crippen molar-refractivity contribution < 1.29 is 28.5 Å². The molecule has 2 heterocycles. The van der Waals surface area contributed by atoms with Crippen LogP contribution in [0.5, 0.6) is 0 Å². The van der Waals surface area contributed by atoms with Gasteiger partial charge in [-0.2, -0.15) is 0 Å². The molecule has 1 aromatic heterocycles. The van der Waals surface area contributed by atoms with E-state index in [0.29, 0.717) is 22.6 Å². The predicted octanol–water partition coefficient (Wildman–Crippen LogP) is 4.88. The van der Waals surface area contributed by atoms with E-state index < -0.39 is 22.0 Å². The standard InChI is InChI=1S/C23H16N2O7S/c1-31-22(27)15-8-6-14(7-9-15)19-11-10-17(32-19)12-20-21(26)24(23(28)33-20)13-16-4-2-3-5-18(16)25(29)30/h2-12H,13H2,1H3/b20-12+. The zero-order chi connectivity index (χ0) is 23.5. The molecule has 0 radical (unpaired) electrons. The molecule has 1 aliphatic heterocycles. The lowest BCUT2D eigenvalue weighted by molar-refractivity contribution is -0.385. The second-order valence-electron chi connectivity index (χ2n) is 6.92. The number of carbonyl (C=O) groups is 3. The maximum atomic E-state index is 12.8. The van der Waals surface area contributed by atoms with Gasteiger partial charge in [-0.25, -0.2) is 4.79 Å². The van der Waals surface area contributed by atoms with Crippen LogP contribution in [0.1, 0.15) is 21.7 Å². The molecule has 9 nitrogen and oxygen atoms in total. The Morgan fingerprint density at radius 1 is 1.12 bits per heavy atom. The van der Waals surface area contributed by atoms with Crippen LogP contribution >= 0.6 is 11.8 Å². The predicted molar refractivity (Wildman–Crippen MR) is 120 cm³/mol. The van der Waals surface area contributed by atoms with Crippen LogP contribution in [0, 0.1) is 10.1 Å². The van der Waals surface area contributed by atoms with Crippen molar-refractivity contribution >= 4 is 40.6 Å².